The van der Waals surface area contributed by atoms with Crippen molar-refractivity contribution in [1.82, 2.24) is 10.6 Å². The molecule has 0 radical (unpaired) electrons. The number of rotatable bonds is 8. The summed E-state index contributed by atoms with van der Waals surface area (Å²) in [6.45, 7) is 6.52. The van der Waals surface area contributed by atoms with Gasteiger partial charge in [0.25, 0.3) is 0 Å². The van der Waals surface area contributed by atoms with Gasteiger partial charge in [0.1, 0.15) is 0 Å². The molecule has 100 valence electrons. The number of hydrogen-bond acceptors (Lipinski definition) is 3. The molecule has 3 N–H and O–H groups in total. The van der Waals surface area contributed by atoms with Crippen molar-refractivity contribution < 1.29 is 19.4 Å². The van der Waals surface area contributed by atoms with E-state index in [1.807, 2.05) is 20.8 Å². The Hall–Kier alpha value is -1.30. The number of amides is 2. The van der Waals surface area contributed by atoms with Crippen molar-refractivity contribution in [3.8, 4) is 0 Å². The molecule has 0 aromatic carbocycles. The molecule has 0 rings (SSSR count). The number of carboxylic acids is 1. The summed E-state index contributed by atoms with van der Waals surface area (Å²) < 4.78 is 5.25. The highest BCUT2D eigenvalue weighted by Gasteiger charge is 2.13. The molecule has 2 amide bonds. The van der Waals surface area contributed by atoms with Crippen molar-refractivity contribution in [2.75, 3.05) is 13.2 Å². The molecule has 0 aliphatic heterocycles. The minimum atomic E-state index is -0.916. The third-order valence-electron chi connectivity index (χ3n) is 2.09. The van der Waals surface area contributed by atoms with Gasteiger partial charge < -0.3 is 20.5 Å². The lowest BCUT2D eigenvalue weighted by atomic mass is 10.1. The number of hydrogen-bond donors (Lipinski definition) is 3. The van der Waals surface area contributed by atoms with Gasteiger partial charge in [-0.3, -0.25) is 4.79 Å². The van der Waals surface area contributed by atoms with Crippen LogP contribution in [0.3, 0.4) is 0 Å². The van der Waals surface area contributed by atoms with E-state index in [1.165, 1.54) is 0 Å². The number of urea groups is 1. The van der Waals surface area contributed by atoms with Gasteiger partial charge in [-0.2, -0.15) is 0 Å². The summed E-state index contributed by atoms with van der Waals surface area (Å²) in [5.41, 5.74) is 0. The minimum absolute atomic E-state index is 0.0631. The normalized spacial score (nSPS) is 12.2. The van der Waals surface area contributed by atoms with Gasteiger partial charge in [-0.05, 0) is 20.3 Å². The Morgan fingerprint density at radius 3 is 2.47 bits per heavy atom. The van der Waals surface area contributed by atoms with Crippen LogP contribution in [0.5, 0.6) is 0 Å². The summed E-state index contributed by atoms with van der Waals surface area (Å²) in [6.07, 6.45) is 0.657. The highest BCUT2D eigenvalue weighted by molar-refractivity contribution is 5.75. The zero-order chi connectivity index (χ0) is 13.3. The van der Waals surface area contributed by atoms with E-state index in [1.54, 1.807) is 0 Å². The zero-order valence-corrected chi connectivity index (χ0v) is 10.7. The van der Waals surface area contributed by atoms with E-state index in [4.69, 9.17) is 9.84 Å². The third-order valence-corrected chi connectivity index (χ3v) is 2.09. The fourth-order valence-corrected chi connectivity index (χ4v) is 1.20. The van der Waals surface area contributed by atoms with Crippen molar-refractivity contribution >= 4 is 12.0 Å². The molecule has 6 nitrogen and oxygen atoms in total. The second kappa shape index (κ2) is 8.81. The maximum absolute atomic E-state index is 11.4. The van der Waals surface area contributed by atoms with E-state index in [0.29, 0.717) is 19.6 Å². The molecule has 0 aliphatic carbocycles. The zero-order valence-electron chi connectivity index (χ0n) is 10.7. The molecule has 0 saturated carbocycles. The Morgan fingerprint density at radius 2 is 2.00 bits per heavy atom. The lowest BCUT2D eigenvalue weighted by molar-refractivity contribution is -0.137. The van der Waals surface area contributed by atoms with E-state index < -0.39 is 5.97 Å². The van der Waals surface area contributed by atoms with Crippen LogP contribution >= 0.6 is 0 Å². The molecular weight excluding hydrogens is 224 g/mol. The first-order valence-corrected chi connectivity index (χ1v) is 5.83. The van der Waals surface area contributed by atoms with Crippen molar-refractivity contribution in [2.24, 2.45) is 0 Å². The number of carboxylic acid groups (broad SMARTS) is 1. The summed E-state index contributed by atoms with van der Waals surface area (Å²) in [5, 5.41) is 13.8. The highest BCUT2D eigenvalue weighted by atomic mass is 16.5. The molecule has 1 unspecified atom stereocenters. The second-order valence-electron chi connectivity index (χ2n) is 4.02. The molecule has 0 bridgehead atoms. The molecule has 0 aromatic rings. The smallest absolute Gasteiger partial charge is 0.315 e. The molecule has 0 saturated heterocycles. The van der Waals surface area contributed by atoms with Gasteiger partial charge in [-0.15, -0.1) is 0 Å². The number of ether oxygens (including phenoxy) is 1. The average Bonchev–Trinajstić information content (AvgIpc) is 2.22. The van der Waals surface area contributed by atoms with E-state index in [2.05, 4.69) is 10.6 Å². The van der Waals surface area contributed by atoms with Crippen molar-refractivity contribution in [2.45, 2.75) is 45.8 Å². The minimum Gasteiger partial charge on any atom is -0.481 e. The molecular formula is C11H22N2O4. The molecule has 0 aliphatic rings. The van der Waals surface area contributed by atoms with Crippen LogP contribution in [0.4, 0.5) is 4.79 Å². The van der Waals surface area contributed by atoms with Crippen molar-refractivity contribution in [3.05, 3.63) is 0 Å². The van der Waals surface area contributed by atoms with E-state index >= 15 is 0 Å². The van der Waals surface area contributed by atoms with Crippen LogP contribution in [0.15, 0.2) is 0 Å². The van der Waals surface area contributed by atoms with Gasteiger partial charge in [0.05, 0.1) is 19.1 Å². The van der Waals surface area contributed by atoms with Gasteiger partial charge in [-0.25, -0.2) is 4.79 Å². The lowest BCUT2D eigenvalue weighted by Gasteiger charge is -2.15. The molecule has 0 spiro atoms. The molecule has 0 heterocycles. The molecule has 0 fully saturated rings. The van der Waals surface area contributed by atoms with E-state index in [0.717, 1.165) is 0 Å². The fraction of sp³-hybridized carbons (Fsp3) is 0.818. The van der Waals surface area contributed by atoms with Gasteiger partial charge in [-0.1, -0.05) is 6.92 Å². The first-order chi connectivity index (χ1) is 7.95. The SMILES string of the molecule is CCC(CC(=O)O)NC(=O)NCCOC(C)C. The third kappa shape index (κ3) is 9.62. The topological polar surface area (TPSA) is 87.7 Å². The summed E-state index contributed by atoms with van der Waals surface area (Å²) in [6, 6.07) is -0.691. The monoisotopic (exact) mass is 246 g/mol. The predicted octanol–water partition coefficient (Wildman–Crippen LogP) is 0.964. The summed E-state index contributed by atoms with van der Waals surface area (Å²) >= 11 is 0. The maximum atomic E-state index is 11.4. The van der Waals surface area contributed by atoms with Crippen LogP contribution in [-0.2, 0) is 9.53 Å². The number of carbonyl (C=O) groups excluding carboxylic acids is 1. The Morgan fingerprint density at radius 1 is 1.35 bits per heavy atom. The number of carbonyl (C=O) groups is 2. The van der Waals surface area contributed by atoms with E-state index in [9.17, 15) is 9.59 Å². The quantitative estimate of drug-likeness (QED) is 0.557. The number of aliphatic carboxylic acids is 1. The van der Waals surface area contributed by atoms with Crippen LogP contribution in [-0.4, -0.2) is 42.4 Å². The van der Waals surface area contributed by atoms with Gasteiger partial charge >= 0.3 is 12.0 Å². The second-order valence-corrected chi connectivity index (χ2v) is 4.02. The van der Waals surface area contributed by atoms with Crippen LogP contribution in [0, 0.1) is 0 Å². The number of nitrogens with one attached hydrogen (secondary N) is 2. The van der Waals surface area contributed by atoms with Crippen molar-refractivity contribution in [3.63, 3.8) is 0 Å². The standard InChI is InChI=1S/C11H22N2O4/c1-4-9(7-10(14)15)13-11(16)12-5-6-17-8(2)3/h8-9H,4-7H2,1-3H3,(H,14,15)(H2,12,13,16). The Kier molecular flexibility index (Phi) is 8.13. The Labute approximate surface area is 102 Å². The first kappa shape index (κ1) is 15.7. The van der Waals surface area contributed by atoms with Crippen molar-refractivity contribution in [1.29, 1.82) is 0 Å². The van der Waals surface area contributed by atoms with Gasteiger partial charge in [0.2, 0.25) is 0 Å². The van der Waals surface area contributed by atoms with Gasteiger partial charge in [0.15, 0.2) is 0 Å². The largest absolute Gasteiger partial charge is 0.481 e. The highest BCUT2D eigenvalue weighted by Crippen LogP contribution is 1.96. The maximum Gasteiger partial charge on any atom is 0.315 e. The molecule has 6 heteroatoms. The summed E-state index contributed by atoms with van der Waals surface area (Å²) in [7, 11) is 0. The fourth-order valence-electron chi connectivity index (χ4n) is 1.20. The lowest BCUT2D eigenvalue weighted by Crippen LogP contribution is -2.43. The van der Waals surface area contributed by atoms with Crippen LogP contribution in [0.25, 0.3) is 0 Å². The van der Waals surface area contributed by atoms with Crippen LogP contribution in [0.2, 0.25) is 0 Å². The Balaban J connectivity index is 3.72. The molecule has 1 atom stereocenters. The average molecular weight is 246 g/mol. The Bertz CT molecular complexity index is 244. The molecule has 17 heavy (non-hydrogen) atoms. The predicted molar refractivity (Wildman–Crippen MR) is 64.0 cm³/mol. The van der Waals surface area contributed by atoms with Crippen LogP contribution < -0.4 is 10.6 Å². The summed E-state index contributed by atoms with van der Waals surface area (Å²) in [4.78, 5) is 21.9. The van der Waals surface area contributed by atoms with Crippen LogP contribution in [0.1, 0.15) is 33.6 Å². The van der Waals surface area contributed by atoms with E-state index in [-0.39, 0.29) is 24.6 Å². The van der Waals surface area contributed by atoms with Gasteiger partial charge in [0, 0.05) is 12.6 Å². The first-order valence-electron chi connectivity index (χ1n) is 5.83. The molecule has 0 aromatic heterocycles. The summed E-state index contributed by atoms with van der Waals surface area (Å²) in [5.74, 6) is -0.916.